The summed E-state index contributed by atoms with van der Waals surface area (Å²) >= 11 is 1.66. The zero-order valence-electron chi connectivity index (χ0n) is 7.53. The maximum Gasteiger partial charge on any atom is 0.137 e. The van der Waals surface area contributed by atoms with E-state index in [0.29, 0.717) is 0 Å². The number of fused-ring (bicyclic) bond motifs is 1. The van der Waals surface area contributed by atoms with Gasteiger partial charge in [-0.15, -0.1) is 11.3 Å². The first-order chi connectivity index (χ1) is 6.35. The van der Waals surface area contributed by atoms with Crippen molar-refractivity contribution in [2.45, 2.75) is 0 Å². The Bertz CT molecular complexity index is 420. The highest BCUT2D eigenvalue weighted by Gasteiger charge is 2.04. The molecule has 0 bridgehead atoms. The van der Waals surface area contributed by atoms with Crippen LogP contribution in [0.15, 0.2) is 23.6 Å². The molecule has 1 heterocycles. The van der Waals surface area contributed by atoms with Crippen LogP contribution in [0, 0.1) is 0 Å². The molecule has 2 aromatic rings. The summed E-state index contributed by atoms with van der Waals surface area (Å²) in [7, 11) is 3.36. The molecule has 0 amide bonds. The van der Waals surface area contributed by atoms with Gasteiger partial charge in [0.2, 0.25) is 0 Å². The minimum Gasteiger partial charge on any atom is -0.497 e. The first kappa shape index (κ1) is 8.38. The summed E-state index contributed by atoms with van der Waals surface area (Å²) in [4.78, 5) is 0. The van der Waals surface area contributed by atoms with Crippen LogP contribution in [0.5, 0.6) is 11.5 Å². The van der Waals surface area contributed by atoms with Crippen molar-refractivity contribution < 1.29 is 9.47 Å². The van der Waals surface area contributed by atoms with E-state index in [0.717, 1.165) is 16.9 Å². The van der Waals surface area contributed by atoms with Crippen LogP contribution in [0.2, 0.25) is 0 Å². The molecule has 0 atom stereocenters. The van der Waals surface area contributed by atoms with Gasteiger partial charge in [0.05, 0.1) is 14.2 Å². The average Bonchev–Trinajstić information content (AvgIpc) is 2.59. The van der Waals surface area contributed by atoms with E-state index in [4.69, 9.17) is 9.47 Å². The maximum atomic E-state index is 5.21. The predicted octanol–water partition coefficient (Wildman–Crippen LogP) is 2.92. The molecule has 0 saturated carbocycles. The Morgan fingerprint density at radius 2 is 2.00 bits per heavy atom. The fourth-order valence-electron chi connectivity index (χ4n) is 1.27. The van der Waals surface area contributed by atoms with Crippen molar-refractivity contribution in [3.05, 3.63) is 23.6 Å². The van der Waals surface area contributed by atoms with Crippen molar-refractivity contribution in [2.24, 2.45) is 0 Å². The summed E-state index contributed by atoms with van der Waals surface area (Å²) in [6.07, 6.45) is 0. The Balaban J connectivity index is 2.61. The molecule has 0 aliphatic heterocycles. The fourth-order valence-corrected chi connectivity index (χ4v) is 2.21. The van der Waals surface area contributed by atoms with Gasteiger partial charge < -0.3 is 9.47 Å². The molecule has 0 fully saturated rings. The lowest BCUT2D eigenvalue weighted by Gasteiger charge is -1.99. The lowest BCUT2D eigenvalue weighted by molar-refractivity contribution is 0.415. The van der Waals surface area contributed by atoms with Crippen LogP contribution < -0.4 is 9.47 Å². The molecule has 0 radical (unpaired) electrons. The number of ether oxygens (including phenoxy) is 2. The van der Waals surface area contributed by atoms with Gasteiger partial charge in [-0.25, -0.2) is 0 Å². The van der Waals surface area contributed by atoms with Gasteiger partial charge in [-0.1, -0.05) is 0 Å². The van der Waals surface area contributed by atoms with E-state index in [9.17, 15) is 0 Å². The molecule has 0 saturated heterocycles. The lowest BCUT2D eigenvalue weighted by Crippen LogP contribution is -1.82. The first-order valence-corrected chi connectivity index (χ1v) is 4.82. The van der Waals surface area contributed by atoms with Crippen molar-refractivity contribution >= 4 is 21.4 Å². The quantitative estimate of drug-likeness (QED) is 0.731. The Labute approximate surface area is 80.7 Å². The van der Waals surface area contributed by atoms with Crippen LogP contribution in [-0.2, 0) is 0 Å². The number of benzene rings is 1. The van der Waals surface area contributed by atoms with Crippen molar-refractivity contribution in [1.29, 1.82) is 0 Å². The molecule has 0 unspecified atom stereocenters. The van der Waals surface area contributed by atoms with Crippen LogP contribution in [0.3, 0.4) is 0 Å². The number of hydrogen-bond donors (Lipinski definition) is 0. The third kappa shape index (κ3) is 1.35. The van der Waals surface area contributed by atoms with Gasteiger partial charge in [0.1, 0.15) is 11.5 Å². The van der Waals surface area contributed by atoms with Gasteiger partial charge in [-0.2, -0.15) is 0 Å². The van der Waals surface area contributed by atoms with Crippen LogP contribution in [0.4, 0.5) is 0 Å². The summed E-state index contributed by atoms with van der Waals surface area (Å²) in [5, 5.41) is 3.15. The normalized spacial score (nSPS) is 10.3. The molecule has 0 spiro atoms. The lowest BCUT2D eigenvalue weighted by atomic mass is 10.2. The zero-order valence-corrected chi connectivity index (χ0v) is 8.35. The second-order valence-corrected chi connectivity index (χ2v) is 3.58. The Morgan fingerprint density at radius 1 is 1.15 bits per heavy atom. The largest absolute Gasteiger partial charge is 0.497 e. The van der Waals surface area contributed by atoms with Crippen LogP contribution in [0.25, 0.3) is 10.1 Å². The number of methoxy groups -OCH3 is 2. The van der Waals surface area contributed by atoms with Crippen LogP contribution in [0.1, 0.15) is 0 Å². The summed E-state index contributed by atoms with van der Waals surface area (Å²) in [6.45, 7) is 0. The highest BCUT2D eigenvalue weighted by Crippen LogP contribution is 2.34. The van der Waals surface area contributed by atoms with Gasteiger partial charge >= 0.3 is 0 Å². The van der Waals surface area contributed by atoms with Gasteiger partial charge in [0, 0.05) is 15.5 Å². The van der Waals surface area contributed by atoms with Gasteiger partial charge in [0.15, 0.2) is 0 Å². The highest BCUT2D eigenvalue weighted by atomic mass is 32.1. The monoisotopic (exact) mass is 194 g/mol. The maximum absolute atomic E-state index is 5.21. The Hall–Kier alpha value is -1.22. The minimum atomic E-state index is 0.886. The summed E-state index contributed by atoms with van der Waals surface area (Å²) < 4.78 is 11.5. The van der Waals surface area contributed by atoms with Gasteiger partial charge in [-0.05, 0) is 18.2 Å². The fraction of sp³-hybridized carbons (Fsp3) is 0.200. The molecule has 0 N–H and O–H groups in total. The van der Waals surface area contributed by atoms with E-state index < -0.39 is 0 Å². The third-order valence-corrected chi connectivity index (χ3v) is 2.89. The second-order valence-electron chi connectivity index (χ2n) is 2.67. The average molecular weight is 194 g/mol. The van der Waals surface area contributed by atoms with Gasteiger partial charge in [-0.3, -0.25) is 0 Å². The molecule has 3 heteroatoms. The molecule has 0 aliphatic rings. The van der Waals surface area contributed by atoms with E-state index in [1.54, 1.807) is 25.6 Å². The second kappa shape index (κ2) is 3.26. The van der Waals surface area contributed by atoms with E-state index >= 15 is 0 Å². The zero-order chi connectivity index (χ0) is 9.26. The topological polar surface area (TPSA) is 18.5 Å². The van der Waals surface area contributed by atoms with E-state index in [1.807, 2.05) is 23.6 Å². The predicted molar refractivity (Wildman–Crippen MR) is 54.9 cm³/mol. The number of thiophene rings is 1. The Morgan fingerprint density at radius 3 is 2.69 bits per heavy atom. The minimum absolute atomic E-state index is 0.886. The molecule has 2 nitrogen and oxygen atoms in total. The van der Waals surface area contributed by atoms with Crippen LogP contribution >= 0.6 is 11.3 Å². The molecule has 0 aliphatic carbocycles. The third-order valence-electron chi connectivity index (χ3n) is 1.97. The molecular formula is C10H10O2S. The first-order valence-electron chi connectivity index (χ1n) is 3.94. The van der Waals surface area contributed by atoms with Crippen molar-refractivity contribution in [3.63, 3.8) is 0 Å². The van der Waals surface area contributed by atoms with Crippen LogP contribution in [-0.4, -0.2) is 14.2 Å². The number of hydrogen-bond acceptors (Lipinski definition) is 3. The molecule has 13 heavy (non-hydrogen) atoms. The van der Waals surface area contributed by atoms with E-state index in [-0.39, 0.29) is 0 Å². The molecule has 2 rings (SSSR count). The smallest absolute Gasteiger partial charge is 0.137 e. The summed E-state index contributed by atoms with van der Waals surface area (Å²) in [6, 6.07) is 5.98. The highest BCUT2D eigenvalue weighted by molar-refractivity contribution is 7.17. The Kier molecular flexibility index (Phi) is 2.10. The summed E-state index contributed by atoms with van der Waals surface area (Å²) in [5.74, 6) is 1.82. The van der Waals surface area contributed by atoms with E-state index in [1.165, 1.54) is 4.70 Å². The molecule has 1 aromatic heterocycles. The van der Waals surface area contributed by atoms with Gasteiger partial charge in [0.25, 0.3) is 0 Å². The van der Waals surface area contributed by atoms with Crippen molar-refractivity contribution in [2.75, 3.05) is 14.2 Å². The molecular weight excluding hydrogens is 184 g/mol. The summed E-state index contributed by atoms with van der Waals surface area (Å²) in [5.41, 5.74) is 0. The molecule has 68 valence electrons. The standard InChI is InChI=1S/C10H10O2S/c1-11-7-3-4-8-9(12-2)6-13-10(8)5-7/h3-6H,1-2H3. The number of rotatable bonds is 2. The SMILES string of the molecule is COc1ccc2c(OC)csc2c1. The molecule has 1 aromatic carbocycles. The van der Waals surface area contributed by atoms with Crippen molar-refractivity contribution in [1.82, 2.24) is 0 Å². The van der Waals surface area contributed by atoms with Crippen molar-refractivity contribution in [3.8, 4) is 11.5 Å². The van der Waals surface area contributed by atoms with E-state index in [2.05, 4.69) is 0 Å².